The van der Waals surface area contributed by atoms with Crippen molar-refractivity contribution in [1.82, 2.24) is 15.0 Å². The van der Waals surface area contributed by atoms with E-state index in [1.807, 2.05) is 12.3 Å². The second-order valence-electron chi connectivity index (χ2n) is 4.19. The molecule has 0 spiro atoms. The highest BCUT2D eigenvalue weighted by molar-refractivity contribution is 7.90. The summed E-state index contributed by atoms with van der Waals surface area (Å²) in [7, 11) is -3.22. The molecule has 1 aliphatic heterocycles. The van der Waals surface area contributed by atoms with Gasteiger partial charge in [-0.1, -0.05) is 0 Å². The molecule has 96 valence electrons. The number of thiazole rings is 1. The van der Waals surface area contributed by atoms with E-state index in [1.54, 1.807) is 0 Å². The van der Waals surface area contributed by atoms with Crippen molar-refractivity contribution < 1.29 is 8.42 Å². The summed E-state index contributed by atoms with van der Waals surface area (Å²) in [5.41, 5.74) is 0.792. The molecule has 0 bridgehead atoms. The molecule has 0 aromatic carbocycles. The minimum atomic E-state index is -3.22. The Kier molecular flexibility index (Phi) is 4.13. The molecule has 0 radical (unpaired) electrons. The molecule has 1 aromatic heterocycles. The summed E-state index contributed by atoms with van der Waals surface area (Å²) in [6.07, 6.45) is 1.65. The number of rotatable bonds is 4. The third-order valence-corrected chi connectivity index (χ3v) is 5.46. The molecule has 1 aromatic rings. The van der Waals surface area contributed by atoms with Crippen molar-refractivity contribution in [1.29, 1.82) is 0 Å². The SMILES string of the molecule is Cc1nc(CNS(=O)(=O)C2CCCNC2)cs1. The largest absolute Gasteiger partial charge is 0.315 e. The molecule has 0 amide bonds. The molecule has 5 nitrogen and oxygen atoms in total. The Labute approximate surface area is 106 Å². The molecule has 1 saturated heterocycles. The molecule has 17 heavy (non-hydrogen) atoms. The Balaban J connectivity index is 1.92. The number of piperidine rings is 1. The molecule has 2 N–H and O–H groups in total. The minimum absolute atomic E-state index is 0.295. The highest BCUT2D eigenvalue weighted by atomic mass is 32.2. The van der Waals surface area contributed by atoms with Crippen LogP contribution in [0.3, 0.4) is 0 Å². The third kappa shape index (κ3) is 3.48. The van der Waals surface area contributed by atoms with Gasteiger partial charge in [0.25, 0.3) is 0 Å². The smallest absolute Gasteiger partial charge is 0.216 e. The lowest BCUT2D eigenvalue weighted by atomic mass is 10.2. The maximum Gasteiger partial charge on any atom is 0.216 e. The fourth-order valence-corrected chi connectivity index (χ4v) is 3.88. The average molecular weight is 275 g/mol. The number of hydrogen-bond donors (Lipinski definition) is 2. The standard InChI is InChI=1S/C10H17N3O2S2/c1-8-13-9(7-16-8)5-12-17(14,15)10-3-2-4-11-6-10/h7,10-12H,2-6H2,1H3. The molecule has 1 fully saturated rings. The average Bonchev–Trinajstić information content (AvgIpc) is 2.74. The highest BCUT2D eigenvalue weighted by Gasteiger charge is 2.26. The van der Waals surface area contributed by atoms with Gasteiger partial charge < -0.3 is 5.32 Å². The minimum Gasteiger partial charge on any atom is -0.315 e. The van der Waals surface area contributed by atoms with Gasteiger partial charge in [0.1, 0.15) is 0 Å². The van der Waals surface area contributed by atoms with E-state index >= 15 is 0 Å². The van der Waals surface area contributed by atoms with Crippen molar-refractivity contribution in [3.05, 3.63) is 16.1 Å². The monoisotopic (exact) mass is 275 g/mol. The summed E-state index contributed by atoms with van der Waals surface area (Å²) in [6, 6.07) is 0. The normalized spacial score (nSPS) is 21.6. The van der Waals surface area contributed by atoms with Crippen LogP contribution in [-0.4, -0.2) is 31.7 Å². The van der Waals surface area contributed by atoms with E-state index < -0.39 is 10.0 Å². The Bertz CT molecular complexity index is 464. The predicted molar refractivity (Wildman–Crippen MR) is 68.5 cm³/mol. The number of hydrogen-bond acceptors (Lipinski definition) is 5. The molecule has 0 aliphatic carbocycles. The number of aromatic nitrogens is 1. The van der Waals surface area contributed by atoms with Gasteiger partial charge >= 0.3 is 0 Å². The van der Waals surface area contributed by atoms with Crippen molar-refractivity contribution in [2.24, 2.45) is 0 Å². The number of sulfonamides is 1. The van der Waals surface area contributed by atoms with Crippen LogP contribution in [0.25, 0.3) is 0 Å². The van der Waals surface area contributed by atoms with Crippen molar-refractivity contribution in [2.75, 3.05) is 13.1 Å². The van der Waals surface area contributed by atoms with Gasteiger partial charge in [0.15, 0.2) is 0 Å². The fraction of sp³-hybridized carbons (Fsp3) is 0.700. The summed E-state index contributed by atoms with van der Waals surface area (Å²) < 4.78 is 26.6. The first-order valence-corrected chi connectivity index (χ1v) is 8.11. The number of aryl methyl sites for hydroxylation is 1. The van der Waals surface area contributed by atoms with Crippen LogP contribution in [0.4, 0.5) is 0 Å². The summed E-state index contributed by atoms with van der Waals surface area (Å²) in [6.45, 7) is 3.67. The first kappa shape index (κ1) is 12.9. The summed E-state index contributed by atoms with van der Waals surface area (Å²) in [5, 5.41) is 5.64. The number of nitrogens with one attached hydrogen (secondary N) is 2. The Hall–Kier alpha value is -0.500. The van der Waals surface area contributed by atoms with Gasteiger partial charge in [-0.2, -0.15) is 0 Å². The van der Waals surface area contributed by atoms with E-state index in [-0.39, 0.29) is 5.25 Å². The van der Waals surface area contributed by atoms with Gasteiger partial charge in [0, 0.05) is 11.9 Å². The molecule has 1 aliphatic rings. The van der Waals surface area contributed by atoms with Gasteiger partial charge in [0.2, 0.25) is 10.0 Å². The van der Waals surface area contributed by atoms with Crippen LogP contribution < -0.4 is 10.0 Å². The zero-order valence-electron chi connectivity index (χ0n) is 9.77. The second-order valence-corrected chi connectivity index (χ2v) is 7.30. The van der Waals surface area contributed by atoms with Crippen LogP contribution >= 0.6 is 11.3 Å². The van der Waals surface area contributed by atoms with Crippen LogP contribution in [0.1, 0.15) is 23.5 Å². The Morgan fingerprint density at radius 2 is 2.47 bits per heavy atom. The predicted octanol–water partition coefficient (Wildman–Crippen LogP) is 0.623. The Morgan fingerprint density at radius 1 is 1.65 bits per heavy atom. The second kappa shape index (κ2) is 5.43. The lowest BCUT2D eigenvalue weighted by molar-refractivity contribution is 0.489. The van der Waals surface area contributed by atoms with E-state index in [1.165, 1.54) is 11.3 Å². The zero-order chi connectivity index (χ0) is 12.3. The van der Waals surface area contributed by atoms with E-state index in [2.05, 4.69) is 15.0 Å². The van der Waals surface area contributed by atoms with Crippen molar-refractivity contribution in [2.45, 2.75) is 31.6 Å². The van der Waals surface area contributed by atoms with Crippen LogP contribution in [0, 0.1) is 6.92 Å². The lowest BCUT2D eigenvalue weighted by Crippen LogP contribution is -2.44. The van der Waals surface area contributed by atoms with E-state index in [0.29, 0.717) is 13.1 Å². The van der Waals surface area contributed by atoms with Crippen molar-refractivity contribution >= 4 is 21.4 Å². The quantitative estimate of drug-likeness (QED) is 0.845. The van der Waals surface area contributed by atoms with Crippen molar-refractivity contribution in [3.8, 4) is 0 Å². The molecule has 2 heterocycles. The zero-order valence-corrected chi connectivity index (χ0v) is 11.4. The van der Waals surface area contributed by atoms with Gasteiger partial charge in [-0.05, 0) is 26.3 Å². The molecule has 0 saturated carbocycles. The number of nitrogens with zero attached hydrogens (tertiary/aromatic N) is 1. The molecule has 7 heteroatoms. The van der Waals surface area contributed by atoms with Gasteiger partial charge in [-0.3, -0.25) is 0 Å². The third-order valence-electron chi connectivity index (χ3n) is 2.81. The topological polar surface area (TPSA) is 71.1 Å². The van der Waals surface area contributed by atoms with Gasteiger partial charge in [-0.15, -0.1) is 11.3 Å². The fourth-order valence-electron chi connectivity index (χ4n) is 1.87. The van der Waals surface area contributed by atoms with Crippen LogP contribution in [0.5, 0.6) is 0 Å². The maximum absolute atomic E-state index is 12.0. The Morgan fingerprint density at radius 3 is 3.06 bits per heavy atom. The summed E-state index contributed by atoms with van der Waals surface area (Å²) >= 11 is 1.53. The molecular formula is C10H17N3O2S2. The molecule has 2 rings (SSSR count). The van der Waals surface area contributed by atoms with Crippen LogP contribution in [-0.2, 0) is 16.6 Å². The van der Waals surface area contributed by atoms with Crippen LogP contribution in [0.15, 0.2) is 5.38 Å². The van der Waals surface area contributed by atoms with E-state index in [0.717, 1.165) is 30.1 Å². The first-order chi connectivity index (χ1) is 8.08. The highest BCUT2D eigenvalue weighted by Crippen LogP contribution is 2.12. The molecule has 1 unspecified atom stereocenters. The lowest BCUT2D eigenvalue weighted by Gasteiger charge is -2.22. The van der Waals surface area contributed by atoms with Gasteiger partial charge in [0.05, 0.1) is 22.5 Å². The van der Waals surface area contributed by atoms with Crippen molar-refractivity contribution in [3.63, 3.8) is 0 Å². The molecular weight excluding hydrogens is 258 g/mol. The molecule has 1 atom stereocenters. The van der Waals surface area contributed by atoms with Gasteiger partial charge in [-0.25, -0.2) is 18.1 Å². The summed E-state index contributed by atoms with van der Waals surface area (Å²) in [5.74, 6) is 0. The first-order valence-electron chi connectivity index (χ1n) is 5.68. The van der Waals surface area contributed by atoms with E-state index in [4.69, 9.17) is 0 Å². The van der Waals surface area contributed by atoms with Crippen LogP contribution in [0.2, 0.25) is 0 Å². The summed E-state index contributed by atoms with van der Waals surface area (Å²) in [4.78, 5) is 4.23. The maximum atomic E-state index is 12.0. The van der Waals surface area contributed by atoms with E-state index in [9.17, 15) is 8.42 Å².